The van der Waals surface area contributed by atoms with Crippen LogP contribution in [-0.2, 0) is 6.54 Å². The zero-order valence-corrected chi connectivity index (χ0v) is 10.6. The van der Waals surface area contributed by atoms with Gasteiger partial charge in [-0.15, -0.1) is 0 Å². The number of nitrogens with two attached hydrogens (primary N) is 1. The van der Waals surface area contributed by atoms with E-state index in [1.54, 1.807) is 13.3 Å². The molecule has 0 bridgehead atoms. The molecule has 0 fully saturated rings. The fourth-order valence-corrected chi connectivity index (χ4v) is 1.78. The minimum atomic E-state index is -0.0704. The molecule has 2 N–H and O–H groups in total. The first-order chi connectivity index (χ1) is 7.60. The first-order valence-electron chi connectivity index (χ1n) is 5.60. The van der Waals surface area contributed by atoms with Crippen molar-refractivity contribution in [2.24, 2.45) is 5.73 Å². The summed E-state index contributed by atoms with van der Waals surface area (Å²) < 4.78 is 7.23. The molecule has 0 spiro atoms. The van der Waals surface area contributed by atoms with Gasteiger partial charge in [-0.3, -0.25) is 4.68 Å². The van der Waals surface area contributed by atoms with Gasteiger partial charge in [0.05, 0.1) is 25.0 Å². The van der Waals surface area contributed by atoms with Crippen molar-refractivity contribution < 1.29 is 4.74 Å². The molecule has 0 radical (unpaired) electrons. The van der Waals surface area contributed by atoms with Gasteiger partial charge >= 0.3 is 0 Å². The zero-order chi connectivity index (χ0) is 12.1. The van der Waals surface area contributed by atoms with E-state index in [2.05, 4.69) is 16.9 Å². The highest BCUT2D eigenvalue weighted by molar-refractivity contribution is 5.28. The summed E-state index contributed by atoms with van der Waals surface area (Å²) in [5, 5.41) is 4.30. The van der Waals surface area contributed by atoms with Gasteiger partial charge in [0.25, 0.3) is 0 Å². The molecule has 0 amide bonds. The Morgan fingerprint density at radius 2 is 2.25 bits per heavy atom. The number of hydrogen-bond donors (Lipinski definition) is 1. The predicted octanol–water partition coefficient (Wildman–Crippen LogP) is 0.863. The van der Waals surface area contributed by atoms with Crippen molar-refractivity contribution >= 4 is 0 Å². The number of ether oxygens (including phenoxy) is 1. The van der Waals surface area contributed by atoms with Crippen LogP contribution in [0, 0.1) is 0 Å². The van der Waals surface area contributed by atoms with Crippen LogP contribution in [0.4, 0.5) is 0 Å². The summed E-state index contributed by atoms with van der Waals surface area (Å²) in [6.07, 6.45) is 2.77. The second-order valence-electron chi connectivity index (χ2n) is 4.19. The van der Waals surface area contributed by atoms with Crippen LogP contribution in [0.25, 0.3) is 0 Å². The lowest BCUT2D eigenvalue weighted by molar-refractivity contribution is 0.350. The second kappa shape index (κ2) is 5.86. The van der Waals surface area contributed by atoms with Gasteiger partial charge in [0, 0.05) is 13.1 Å². The molecule has 0 saturated heterocycles. The smallest absolute Gasteiger partial charge is 0.161 e. The summed E-state index contributed by atoms with van der Waals surface area (Å²) in [6.45, 7) is 3.78. The van der Waals surface area contributed by atoms with E-state index in [1.165, 1.54) is 0 Å². The lowest BCUT2D eigenvalue weighted by atomic mass is 10.2. The molecule has 0 saturated carbocycles. The van der Waals surface area contributed by atoms with E-state index >= 15 is 0 Å². The molecule has 1 aromatic heterocycles. The third kappa shape index (κ3) is 2.96. The number of likely N-dealkylation sites (N-methyl/N-ethyl adjacent to an activating group) is 1. The van der Waals surface area contributed by atoms with E-state index in [-0.39, 0.29) is 6.04 Å². The Morgan fingerprint density at radius 1 is 1.56 bits per heavy atom. The lowest BCUT2D eigenvalue weighted by Crippen LogP contribution is -2.28. The fourth-order valence-electron chi connectivity index (χ4n) is 1.78. The normalized spacial score (nSPS) is 13.1. The van der Waals surface area contributed by atoms with Crippen LogP contribution in [0.1, 0.15) is 25.1 Å². The summed E-state index contributed by atoms with van der Waals surface area (Å²) in [5.41, 5.74) is 7.15. The number of nitrogens with zero attached hydrogens (tertiary/aromatic N) is 3. The van der Waals surface area contributed by atoms with Gasteiger partial charge in [-0.05, 0) is 20.5 Å². The van der Waals surface area contributed by atoms with Gasteiger partial charge in [0.2, 0.25) is 0 Å². The molecule has 16 heavy (non-hydrogen) atoms. The van der Waals surface area contributed by atoms with Crippen LogP contribution >= 0.6 is 0 Å². The number of aromatic nitrogens is 2. The largest absolute Gasteiger partial charge is 0.493 e. The van der Waals surface area contributed by atoms with Gasteiger partial charge in [-0.1, -0.05) is 6.92 Å². The Morgan fingerprint density at radius 3 is 2.75 bits per heavy atom. The Hall–Kier alpha value is -1.07. The molecule has 1 unspecified atom stereocenters. The maximum atomic E-state index is 6.17. The molecule has 0 aliphatic rings. The molecular formula is C11H22N4O. The number of hydrogen-bond acceptors (Lipinski definition) is 4. The van der Waals surface area contributed by atoms with Crippen molar-refractivity contribution in [1.29, 1.82) is 0 Å². The van der Waals surface area contributed by atoms with Crippen molar-refractivity contribution in [2.75, 3.05) is 27.7 Å². The third-order valence-electron chi connectivity index (χ3n) is 2.41. The Labute approximate surface area is 97.2 Å². The molecule has 1 heterocycles. The van der Waals surface area contributed by atoms with Crippen LogP contribution in [0.15, 0.2) is 6.20 Å². The van der Waals surface area contributed by atoms with E-state index in [4.69, 9.17) is 10.5 Å². The van der Waals surface area contributed by atoms with Crippen LogP contribution in [0.3, 0.4) is 0 Å². The van der Waals surface area contributed by atoms with E-state index in [0.717, 1.165) is 31.0 Å². The monoisotopic (exact) mass is 226 g/mol. The van der Waals surface area contributed by atoms with Gasteiger partial charge in [-0.2, -0.15) is 5.10 Å². The summed E-state index contributed by atoms with van der Waals surface area (Å²) >= 11 is 0. The van der Waals surface area contributed by atoms with Crippen LogP contribution in [0.5, 0.6) is 5.75 Å². The Balaban J connectivity index is 2.92. The van der Waals surface area contributed by atoms with Crippen LogP contribution in [-0.4, -0.2) is 42.4 Å². The number of aryl methyl sites for hydroxylation is 1. The van der Waals surface area contributed by atoms with Crippen molar-refractivity contribution in [3.63, 3.8) is 0 Å². The molecule has 1 rings (SSSR count). The first-order valence-corrected chi connectivity index (χ1v) is 5.60. The molecular weight excluding hydrogens is 204 g/mol. The average molecular weight is 226 g/mol. The van der Waals surface area contributed by atoms with E-state index in [0.29, 0.717) is 0 Å². The highest BCUT2D eigenvalue weighted by atomic mass is 16.5. The Bertz CT molecular complexity index is 322. The summed E-state index contributed by atoms with van der Waals surface area (Å²) in [4.78, 5) is 2.06. The molecule has 0 aliphatic carbocycles. The Kier molecular flexibility index (Phi) is 4.76. The molecule has 92 valence electrons. The van der Waals surface area contributed by atoms with Crippen molar-refractivity contribution in [2.45, 2.75) is 25.9 Å². The van der Waals surface area contributed by atoms with Gasteiger partial charge < -0.3 is 15.4 Å². The number of methoxy groups -OCH3 is 1. The molecule has 1 atom stereocenters. The molecule has 0 aliphatic heterocycles. The standard InChI is InChI=1S/C11H22N4O/c1-5-6-15-11(9(12)8-14(2)3)10(16-4)7-13-15/h7,9H,5-6,8,12H2,1-4H3. The maximum Gasteiger partial charge on any atom is 0.161 e. The van der Waals surface area contributed by atoms with Crippen molar-refractivity contribution in [3.8, 4) is 5.75 Å². The third-order valence-corrected chi connectivity index (χ3v) is 2.41. The molecule has 5 heteroatoms. The minimum absolute atomic E-state index is 0.0704. The second-order valence-corrected chi connectivity index (χ2v) is 4.19. The summed E-state index contributed by atoms with van der Waals surface area (Å²) in [6, 6.07) is -0.0704. The molecule has 5 nitrogen and oxygen atoms in total. The molecule has 1 aromatic rings. The SMILES string of the molecule is CCCn1ncc(OC)c1C(N)CN(C)C. The first kappa shape index (κ1) is 13.0. The number of rotatable bonds is 6. The van der Waals surface area contributed by atoms with E-state index in [9.17, 15) is 0 Å². The summed E-state index contributed by atoms with van der Waals surface area (Å²) in [5.74, 6) is 0.780. The van der Waals surface area contributed by atoms with Crippen LogP contribution < -0.4 is 10.5 Å². The van der Waals surface area contributed by atoms with Gasteiger partial charge in [0.15, 0.2) is 5.75 Å². The minimum Gasteiger partial charge on any atom is -0.493 e. The van der Waals surface area contributed by atoms with Gasteiger partial charge in [0.1, 0.15) is 0 Å². The van der Waals surface area contributed by atoms with Gasteiger partial charge in [-0.25, -0.2) is 0 Å². The summed E-state index contributed by atoms with van der Waals surface area (Å²) in [7, 11) is 5.67. The topological polar surface area (TPSA) is 56.3 Å². The highest BCUT2D eigenvalue weighted by Crippen LogP contribution is 2.23. The van der Waals surface area contributed by atoms with Crippen LogP contribution in [0.2, 0.25) is 0 Å². The predicted molar refractivity (Wildman–Crippen MR) is 64.6 cm³/mol. The van der Waals surface area contributed by atoms with Crippen molar-refractivity contribution in [1.82, 2.24) is 14.7 Å². The van der Waals surface area contributed by atoms with E-state index in [1.807, 2.05) is 18.8 Å². The molecule has 0 aromatic carbocycles. The zero-order valence-electron chi connectivity index (χ0n) is 10.6. The average Bonchev–Trinajstić information content (AvgIpc) is 2.60. The maximum absolute atomic E-state index is 6.17. The van der Waals surface area contributed by atoms with E-state index < -0.39 is 0 Å². The lowest BCUT2D eigenvalue weighted by Gasteiger charge is -2.19. The van der Waals surface area contributed by atoms with Crippen molar-refractivity contribution in [3.05, 3.63) is 11.9 Å². The fraction of sp³-hybridized carbons (Fsp3) is 0.727. The highest BCUT2D eigenvalue weighted by Gasteiger charge is 2.18. The quantitative estimate of drug-likeness (QED) is 0.781.